The summed E-state index contributed by atoms with van der Waals surface area (Å²) in [6.07, 6.45) is 0. The summed E-state index contributed by atoms with van der Waals surface area (Å²) in [4.78, 5) is 12.7. The number of benzene rings is 2. The van der Waals surface area contributed by atoms with Gasteiger partial charge in [0.15, 0.2) is 11.5 Å². The molecule has 0 bridgehead atoms. The first-order chi connectivity index (χ1) is 12.1. The van der Waals surface area contributed by atoms with Gasteiger partial charge in [0, 0.05) is 24.3 Å². The van der Waals surface area contributed by atoms with Crippen LogP contribution in [0.3, 0.4) is 0 Å². The summed E-state index contributed by atoms with van der Waals surface area (Å²) in [5.41, 5.74) is -0.743. The van der Waals surface area contributed by atoms with Crippen LogP contribution in [-0.2, 0) is 10.5 Å². The smallest absolute Gasteiger partial charge is 0.302 e. The first kappa shape index (κ1) is 17.8. The molecule has 9 nitrogen and oxygen atoms in total. The Morgan fingerprint density at radius 3 is 2.31 bits per heavy atom. The number of phenolic OH excluding ortho intramolecular Hbond substituents is 4. The van der Waals surface area contributed by atoms with Crippen molar-refractivity contribution in [2.75, 3.05) is 6.61 Å². The molecule has 0 fully saturated rings. The molecule has 3 rings (SSSR count). The normalized spacial score (nSPS) is 21.1. The number of phenols is 4. The average molecular weight is 364 g/mol. The molecular formula is C17H16O9. The molecule has 1 atom stereocenters. The Morgan fingerprint density at radius 1 is 1.00 bits per heavy atom. The number of rotatable bonds is 3. The maximum atomic E-state index is 12.7. The zero-order valence-corrected chi connectivity index (χ0v) is 13.5. The second-order valence-electron chi connectivity index (χ2n) is 5.69. The quantitative estimate of drug-likeness (QED) is 0.340. The highest BCUT2D eigenvalue weighted by Gasteiger charge is 2.64. The van der Waals surface area contributed by atoms with Gasteiger partial charge in [-0.15, -0.1) is 0 Å². The molecule has 6 N–H and O–H groups in total. The van der Waals surface area contributed by atoms with E-state index in [0.29, 0.717) is 0 Å². The Labute approximate surface area is 146 Å². The van der Waals surface area contributed by atoms with E-state index in [0.717, 1.165) is 30.3 Å². The second-order valence-corrected chi connectivity index (χ2v) is 5.69. The van der Waals surface area contributed by atoms with Crippen LogP contribution >= 0.6 is 0 Å². The van der Waals surface area contributed by atoms with Crippen molar-refractivity contribution in [1.29, 1.82) is 0 Å². The minimum atomic E-state index is -3.30. The third kappa shape index (κ3) is 2.33. The number of ether oxygens (including phenoxy) is 2. The molecule has 1 aliphatic heterocycles. The number of fused-ring (bicyclic) bond motifs is 1. The van der Waals surface area contributed by atoms with Crippen LogP contribution in [0, 0.1) is 0 Å². The minimum Gasteiger partial charge on any atom is -0.508 e. The molecule has 0 saturated heterocycles. The fourth-order valence-electron chi connectivity index (χ4n) is 2.85. The molecule has 0 aliphatic carbocycles. The van der Waals surface area contributed by atoms with Gasteiger partial charge in [-0.1, -0.05) is 0 Å². The molecule has 2 aromatic rings. The number of aromatic hydroxyl groups is 4. The van der Waals surface area contributed by atoms with Crippen molar-refractivity contribution in [2.24, 2.45) is 0 Å². The highest BCUT2D eigenvalue weighted by atomic mass is 16.7. The molecule has 1 unspecified atom stereocenters. The molecule has 9 heteroatoms. The summed E-state index contributed by atoms with van der Waals surface area (Å²) >= 11 is 0. The first-order valence-corrected chi connectivity index (χ1v) is 7.55. The van der Waals surface area contributed by atoms with Crippen LogP contribution < -0.4 is 4.74 Å². The predicted octanol–water partition coefficient (Wildman–Crippen LogP) is 0.654. The van der Waals surface area contributed by atoms with Gasteiger partial charge in [0.1, 0.15) is 22.8 Å². The predicted molar refractivity (Wildman–Crippen MR) is 85.0 cm³/mol. The van der Waals surface area contributed by atoms with Crippen LogP contribution in [0.2, 0.25) is 0 Å². The van der Waals surface area contributed by atoms with Gasteiger partial charge in [-0.05, 0) is 25.1 Å². The molecular weight excluding hydrogens is 348 g/mol. The van der Waals surface area contributed by atoms with E-state index >= 15 is 0 Å². The van der Waals surface area contributed by atoms with Crippen molar-refractivity contribution < 1.29 is 44.9 Å². The maximum absolute atomic E-state index is 12.7. The Bertz CT molecular complexity index is 890. The molecule has 26 heavy (non-hydrogen) atoms. The Balaban J connectivity index is 2.30. The number of hydrogen-bond donors (Lipinski definition) is 6. The van der Waals surface area contributed by atoms with E-state index in [2.05, 4.69) is 0 Å². The fraction of sp³-hybridized carbons (Fsp3) is 0.235. The van der Waals surface area contributed by atoms with Crippen LogP contribution in [-0.4, -0.2) is 48.8 Å². The van der Waals surface area contributed by atoms with Crippen molar-refractivity contribution in [3.63, 3.8) is 0 Å². The summed E-state index contributed by atoms with van der Waals surface area (Å²) < 4.78 is 10.9. The van der Waals surface area contributed by atoms with Crippen molar-refractivity contribution in [3.8, 4) is 28.7 Å². The van der Waals surface area contributed by atoms with E-state index in [4.69, 9.17) is 9.47 Å². The van der Waals surface area contributed by atoms with Crippen LogP contribution in [0.15, 0.2) is 30.3 Å². The lowest BCUT2D eigenvalue weighted by Crippen LogP contribution is -2.64. The standard InChI is InChI=1S/C17H16O9/c1-2-25-17(8-3-4-10(19)11(20)5-8)16(23,24)15(22)14-12(21)6-9(18)7-13(14)26-17/h3-7,18-21,23-24H,2H2,1H3. The van der Waals surface area contributed by atoms with Crippen LogP contribution in [0.4, 0.5) is 0 Å². The van der Waals surface area contributed by atoms with Gasteiger partial charge in [0.25, 0.3) is 5.79 Å². The largest absolute Gasteiger partial charge is 0.508 e. The minimum absolute atomic E-state index is 0.141. The lowest BCUT2D eigenvalue weighted by Gasteiger charge is -2.45. The zero-order valence-electron chi connectivity index (χ0n) is 13.5. The number of carbonyl (C=O) groups excluding carboxylic acids is 1. The Kier molecular flexibility index (Phi) is 3.95. The van der Waals surface area contributed by atoms with E-state index in [1.165, 1.54) is 6.92 Å². The molecule has 1 heterocycles. The van der Waals surface area contributed by atoms with Gasteiger partial charge >= 0.3 is 5.79 Å². The lowest BCUT2D eigenvalue weighted by atomic mass is 9.86. The zero-order chi connectivity index (χ0) is 19.3. The summed E-state index contributed by atoms with van der Waals surface area (Å²) in [7, 11) is 0. The monoisotopic (exact) mass is 364 g/mol. The number of hydrogen-bond acceptors (Lipinski definition) is 9. The second kappa shape index (κ2) is 5.77. The number of Topliss-reactive ketones (excluding diaryl/α,β-unsaturated/α-hetero) is 1. The Morgan fingerprint density at radius 2 is 1.69 bits per heavy atom. The molecule has 0 spiro atoms. The Hall–Kier alpha value is -3.01. The number of carbonyl (C=O) groups is 1. The van der Waals surface area contributed by atoms with Gasteiger partial charge in [-0.3, -0.25) is 4.79 Å². The first-order valence-electron chi connectivity index (χ1n) is 7.55. The van der Waals surface area contributed by atoms with Gasteiger partial charge < -0.3 is 40.1 Å². The van der Waals surface area contributed by atoms with E-state index in [9.17, 15) is 35.4 Å². The van der Waals surface area contributed by atoms with Gasteiger partial charge in [0.2, 0.25) is 5.78 Å². The molecule has 0 aromatic heterocycles. The highest BCUT2D eigenvalue weighted by molar-refractivity contribution is 6.07. The molecule has 0 amide bonds. The lowest BCUT2D eigenvalue weighted by molar-refractivity contribution is -0.345. The van der Waals surface area contributed by atoms with E-state index in [-0.39, 0.29) is 17.9 Å². The third-order valence-corrected chi connectivity index (χ3v) is 4.03. The molecule has 0 radical (unpaired) electrons. The van der Waals surface area contributed by atoms with Crippen LogP contribution in [0.25, 0.3) is 0 Å². The van der Waals surface area contributed by atoms with Crippen LogP contribution in [0.5, 0.6) is 28.7 Å². The van der Waals surface area contributed by atoms with E-state index in [1.54, 1.807) is 0 Å². The van der Waals surface area contributed by atoms with E-state index in [1.807, 2.05) is 0 Å². The third-order valence-electron chi connectivity index (χ3n) is 4.03. The SMILES string of the molecule is CCOC1(c2ccc(O)c(O)c2)Oc2cc(O)cc(O)c2C(=O)C1(O)O. The molecule has 138 valence electrons. The summed E-state index contributed by atoms with van der Waals surface area (Å²) in [6, 6.07) is 4.98. The topological polar surface area (TPSA) is 157 Å². The summed E-state index contributed by atoms with van der Waals surface area (Å²) in [6.45, 7) is 1.36. The van der Waals surface area contributed by atoms with Gasteiger partial charge in [-0.2, -0.15) is 0 Å². The van der Waals surface area contributed by atoms with Gasteiger partial charge in [-0.25, -0.2) is 0 Å². The van der Waals surface area contributed by atoms with Crippen molar-refractivity contribution >= 4 is 5.78 Å². The summed E-state index contributed by atoms with van der Waals surface area (Å²) in [5, 5.41) is 59.9. The summed E-state index contributed by atoms with van der Waals surface area (Å²) in [5.74, 6) is -9.76. The van der Waals surface area contributed by atoms with Crippen LogP contribution in [0.1, 0.15) is 22.8 Å². The molecule has 2 aromatic carbocycles. The molecule has 1 aliphatic rings. The maximum Gasteiger partial charge on any atom is 0.302 e. The molecule has 0 saturated carbocycles. The highest BCUT2D eigenvalue weighted by Crippen LogP contribution is 2.49. The number of ketones is 1. The fourth-order valence-corrected chi connectivity index (χ4v) is 2.85. The van der Waals surface area contributed by atoms with Crippen molar-refractivity contribution in [2.45, 2.75) is 18.5 Å². The van der Waals surface area contributed by atoms with E-state index < -0.39 is 45.9 Å². The van der Waals surface area contributed by atoms with Gasteiger partial charge in [0.05, 0.1) is 0 Å². The number of aliphatic hydroxyl groups is 2. The van der Waals surface area contributed by atoms with Crippen molar-refractivity contribution in [1.82, 2.24) is 0 Å². The van der Waals surface area contributed by atoms with Crippen molar-refractivity contribution in [3.05, 3.63) is 41.5 Å². The average Bonchev–Trinajstić information content (AvgIpc) is 2.54.